The van der Waals surface area contributed by atoms with Crippen molar-refractivity contribution < 1.29 is 4.79 Å². The summed E-state index contributed by atoms with van der Waals surface area (Å²) in [5, 5.41) is 3.03. The van der Waals surface area contributed by atoms with Crippen molar-refractivity contribution in [2.45, 2.75) is 40.5 Å². The fourth-order valence-corrected chi connectivity index (χ4v) is 2.33. The molecule has 0 aliphatic rings. The van der Waals surface area contributed by atoms with E-state index in [1.165, 1.54) is 5.69 Å². The molecule has 0 aliphatic carbocycles. The van der Waals surface area contributed by atoms with Crippen molar-refractivity contribution in [3.05, 3.63) is 29.8 Å². The summed E-state index contributed by atoms with van der Waals surface area (Å²) in [5.41, 5.74) is 1.92. The molecule has 0 fully saturated rings. The van der Waals surface area contributed by atoms with Crippen molar-refractivity contribution in [3.63, 3.8) is 0 Å². The molecule has 3 heteroatoms. The van der Waals surface area contributed by atoms with Gasteiger partial charge in [-0.3, -0.25) is 4.79 Å². The Kier molecular flexibility index (Phi) is 7.13. The van der Waals surface area contributed by atoms with Crippen LogP contribution in [0.3, 0.4) is 0 Å². The van der Waals surface area contributed by atoms with Gasteiger partial charge in [-0.2, -0.15) is 0 Å². The number of carbonyl (C=O) groups is 1. The predicted molar refractivity (Wildman–Crippen MR) is 86.4 cm³/mol. The largest absolute Gasteiger partial charge is 0.372 e. The molecule has 0 saturated carbocycles. The topological polar surface area (TPSA) is 32.3 Å². The van der Waals surface area contributed by atoms with Crippen LogP contribution in [0.4, 0.5) is 5.69 Å². The lowest BCUT2D eigenvalue weighted by Gasteiger charge is -2.21. The summed E-state index contributed by atoms with van der Waals surface area (Å²) in [6.45, 7) is 11.3. The molecule has 112 valence electrons. The zero-order valence-electron chi connectivity index (χ0n) is 13.3. The molecular formula is C17H28N2O. The van der Waals surface area contributed by atoms with Gasteiger partial charge in [0.1, 0.15) is 0 Å². The Hall–Kier alpha value is -1.51. The molecule has 0 bridgehead atoms. The van der Waals surface area contributed by atoms with Crippen molar-refractivity contribution in [1.82, 2.24) is 5.32 Å². The number of nitrogens with zero attached hydrogens (tertiary/aromatic N) is 1. The highest BCUT2D eigenvalue weighted by Gasteiger charge is 2.09. The van der Waals surface area contributed by atoms with Crippen LogP contribution in [0, 0.1) is 5.92 Å². The average molecular weight is 276 g/mol. The van der Waals surface area contributed by atoms with Crippen molar-refractivity contribution in [3.8, 4) is 0 Å². The van der Waals surface area contributed by atoms with Gasteiger partial charge in [0.15, 0.2) is 0 Å². The molecule has 0 atom stereocenters. The maximum atomic E-state index is 12.1. The van der Waals surface area contributed by atoms with Crippen molar-refractivity contribution in [2.24, 2.45) is 5.92 Å². The second-order valence-corrected chi connectivity index (χ2v) is 5.11. The number of rotatable bonds is 8. The first-order valence-electron chi connectivity index (χ1n) is 7.79. The van der Waals surface area contributed by atoms with Crippen molar-refractivity contribution >= 4 is 11.6 Å². The van der Waals surface area contributed by atoms with E-state index in [4.69, 9.17) is 0 Å². The number of amides is 1. The standard InChI is InChI=1S/C17H28N2O/c1-5-14(6-2)13-18-17(20)15-9-11-16(12-10-15)19(7-3)8-4/h9-12,14H,5-8,13H2,1-4H3,(H,18,20). The molecule has 0 radical (unpaired) electrons. The van der Waals surface area contributed by atoms with Gasteiger partial charge in [0.2, 0.25) is 0 Å². The molecule has 20 heavy (non-hydrogen) atoms. The summed E-state index contributed by atoms with van der Waals surface area (Å²) in [4.78, 5) is 14.3. The number of hydrogen-bond donors (Lipinski definition) is 1. The molecule has 0 unspecified atom stereocenters. The zero-order valence-corrected chi connectivity index (χ0v) is 13.3. The highest BCUT2D eigenvalue weighted by Crippen LogP contribution is 2.15. The van der Waals surface area contributed by atoms with Gasteiger partial charge >= 0.3 is 0 Å². The molecule has 0 spiro atoms. The van der Waals surface area contributed by atoms with E-state index < -0.39 is 0 Å². The normalized spacial score (nSPS) is 10.7. The van der Waals surface area contributed by atoms with Crippen LogP contribution in [0.15, 0.2) is 24.3 Å². The van der Waals surface area contributed by atoms with Crippen molar-refractivity contribution in [1.29, 1.82) is 0 Å². The monoisotopic (exact) mass is 276 g/mol. The van der Waals surface area contributed by atoms with Gasteiger partial charge in [-0.15, -0.1) is 0 Å². The summed E-state index contributed by atoms with van der Waals surface area (Å²) in [5.74, 6) is 0.608. The van der Waals surface area contributed by atoms with Crippen LogP contribution < -0.4 is 10.2 Å². The van der Waals surface area contributed by atoms with E-state index in [1.807, 2.05) is 24.3 Å². The van der Waals surface area contributed by atoms with Gasteiger partial charge in [0, 0.05) is 30.9 Å². The van der Waals surface area contributed by atoms with E-state index in [2.05, 4.69) is 37.9 Å². The molecule has 3 nitrogen and oxygen atoms in total. The third kappa shape index (κ3) is 4.55. The average Bonchev–Trinajstić information content (AvgIpc) is 2.50. The Balaban J connectivity index is 2.61. The smallest absolute Gasteiger partial charge is 0.251 e. The summed E-state index contributed by atoms with van der Waals surface area (Å²) < 4.78 is 0. The van der Waals surface area contributed by atoms with Crippen LogP contribution in [0.5, 0.6) is 0 Å². The van der Waals surface area contributed by atoms with Crippen LogP contribution in [-0.4, -0.2) is 25.5 Å². The van der Waals surface area contributed by atoms with Gasteiger partial charge < -0.3 is 10.2 Å². The summed E-state index contributed by atoms with van der Waals surface area (Å²) in [6, 6.07) is 7.88. The SMILES string of the molecule is CCC(CC)CNC(=O)c1ccc(N(CC)CC)cc1. The van der Waals surface area contributed by atoms with Crippen LogP contribution >= 0.6 is 0 Å². The van der Waals surface area contributed by atoms with Gasteiger partial charge in [-0.05, 0) is 44.0 Å². The van der Waals surface area contributed by atoms with Crippen molar-refractivity contribution in [2.75, 3.05) is 24.5 Å². The van der Waals surface area contributed by atoms with E-state index in [-0.39, 0.29) is 5.91 Å². The Labute approximate surface area is 123 Å². The fourth-order valence-electron chi connectivity index (χ4n) is 2.33. The second kappa shape index (κ2) is 8.62. The Bertz CT molecular complexity index is 392. The van der Waals surface area contributed by atoms with Crippen LogP contribution in [0.25, 0.3) is 0 Å². The van der Waals surface area contributed by atoms with E-state index in [0.29, 0.717) is 5.92 Å². The van der Waals surface area contributed by atoms with Gasteiger partial charge in [-0.1, -0.05) is 26.7 Å². The first-order chi connectivity index (χ1) is 9.65. The molecule has 0 saturated heterocycles. The maximum Gasteiger partial charge on any atom is 0.251 e. The fraction of sp³-hybridized carbons (Fsp3) is 0.588. The Morgan fingerprint density at radius 2 is 1.60 bits per heavy atom. The molecular weight excluding hydrogens is 248 g/mol. The minimum atomic E-state index is 0.0306. The molecule has 1 N–H and O–H groups in total. The van der Waals surface area contributed by atoms with Crippen LogP contribution in [0.2, 0.25) is 0 Å². The second-order valence-electron chi connectivity index (χ2n) is 5.11. The highest BCUT2D eigenvalue weighted by molar-refractivity contribution is 5.94. The lowest BCUT2D eigenvalue weighted by atomic mass is 10.0. The van der Waals surface area contributed by atoms with Crippen LogP contribution in [-0.2, 0) is 0 Å². The predicted octanol–water partition coefficient (Wildman–Crippen LogP) is 3.70. The first kappa shape index (κ1) is 16.5. The highest BCUT2D eigenvalue weighted by atomic mass is 16.1. The molecule has 0 aromatic heterocycles. The quantitative estimate of drug-likeness (QED) is 0.785. The molecule has 1 amide bonds. The third-order valence-electron chi connectivity index (χ3n) is 3.96. The minimum absolute atomic E-state index is 0.0306. The Morgan fingerprint density at radius 3 is 2.05 bits per heavy atom. The number of carbonyl (C=O) groups excluding carboxylic acids is 1. The van der Waals surface area contributed by atoms with Gasteiger partial charge in [0.05, 0.1) is 0 Å². The van der Waals surface area contributed by atoms with Crippen LogP contribution in [0.1, 0.15) is 50.9 Å². The van der Waals surface area contributed by atoms with E-state index >= 15 is 0 Å². The first-order valence-corrected chi connectivity index (χ1v) is 7.79. The third-order valence-corrected chi connectivity index (χ3v) is 3.96. The van der Waals surface area contributed by atoms with Gasteiger partial charge in [0.25, 0.3) is 5.91 Å². The summed E-state index contributed by atoms with van der Waals surface area (Å²) in [7, 11) is 0. The number of nitrogens with one attached hydrogen (secondary N) is 1. The number of benzene rings is 1. The molecule has 0 heterocycles. The van der Waals surface area contributed by atoms with E-state index in [1.54, 1.807) is 0 Å². The number of hydrogen-bond acceptors (Lipinski definition) is 2. The molecule has 0 aliphatic heterocycles. The summed E-state index contributed by atoms with van der Waals surface area (Å²) in [6.07, 6.45) is 2.22. The van der Waals surface area contributed by atoms with E-state index in [9.17, 15) is 4.79 Å². The van der Waals surface area contributed by atoms with Gasteiger partial charge in [-0.25, -0.2) is 0 Å². The minimum Gasteiger partial charge on any atom is -0.372 e. The lowest BCUT2D eigenvalue weighted by Crippen LogP contribution is -2.29. The summed E-state index contributed by atoms with van der Waals surface area (Å²) >= 11 is 0. The molecule has 1 aromatic rings. The molecule has 1 rings (SSSR count). The Morgan fingerprint density at radius 1 is 1.05 bits per heavy atom. The lowest BCUT2D eigenvalue weighted by molar-refractivity contribution is 0.0946. The zero-order chi connectivity index (χ0) is 15.0. The number of anilines is 1. The molecule has 1 aromatic carbocycles. The maximum absolute atomic E-state index is 12.1. The van der Waals surface area contributed by atoms with E-state index in [0.717, 1.165) is 38.0 Å².